The number of carbonyl (C=O) groups is 3. The highest BCUT2D eigenvalue weighted by Gasteiger charge is 2.48. The van der Waals surface area contributed by atoms with Gasteiger partial charge in [0.1, 0.15) is 29.7 Å². The molecule has 42 heavy (non-hydrogen) atoms. The molecule has 2 aliphatic rings. The van der Waals surface area contributed by atoms with Gasteiger partial charge in [-0.1, -0.05) is 38.8 Å². The van der Waals surface area contributed by atoms with Gasteiger partial charge in [0.15, 0.2) is 0 Å². The Kier molecular flexibility index (Phi) is 9.74. The first-order valence-electron chi connectivity index (χ1n) is 14.0. The van der Waals surface area contributed by atoms with Crippen molar-refractivity contribution in [3.05, 3.63) is 41.4 Å². The fraction of sp³-hybridized carbons (Fsp3) is 0.607. The molecule has 3 N–H and O–H groups in total. The number of methoxy groups -OCH3 is 1. The van der Waals surface area contributed by atoms with Crippen molar-refractivity contribution >= 4 is 23.7 Å². The third-order valence-corrected chi connectivity index (χ3v) is 7.94. The molecule has 4 rings (SSSR count). The van der Waals surface area contributed by atoms with Gasteiger partial charge in [0.2, 0.25) is 5.91 Å². The number of alkyl halides is 3. The van der Waals surface area contributed by atoms with Gasteiger partial charge >= 0.3 is 12.2 Å². The topological polar surface area (TPSA) is 139 Å². The number of nitrogens with one attached hydrogen (secondary N) is 3. The molecule has 3 atom stereocenters. The molecule has 11 nitrogen and oxygen atoms in total. The van der Waals surface area contributed by atoms with Crippen LogP contribution in [0.4, 0.5) is 23.8 Å². The summed E-state index contributed by atoms with van der Waals surface area (Å²) in [6, 6.07) is -1.57. The van der Waals surface area contributed by atoms with Crippen molar-refractivity contribution < 1.29 is 36.8 Å². The van der Waals surface area contributed by atoms with Crippen LogP contribution in [-0.4, -0.2) is 71.4 Å². The first kappa shape index (κ1) is 31.3. The van der Waals surface area contributed by atoms with Crippen molar-refractivity contribution in [2.24, 2.45) is 11.8 Å². The number of carbonyl (C=O) groups excluding carboxylic acids is 3. The van der Waals surface area contributed by atoms with E-state index < -0.39 is 48.7 Å². The van der Waals surface area contributed by atoms with E-state index in [1.54, 1.807) is 6.07 Å². The second kappa shape index (κ2) is 13.1. The summed E-state index contributed by atoms with van der Waals surface area (Å²) in [5.74, 6) is -0.494. The van der Waals surface area contributed by atoms with Gasteiger partial charge in [0.25, 0.3) is 5.91 Å². The molecule has 1 aliphatic carbocycles. The molecule has 1 saturated carbocycles. The minimum atomic E-state index is -4.60. The van der Waals surface area contributed by atoms with E-state index >= 15 is 0 Å². The molecule has 1 aliphatic heterocycles. The molecular weight excluding hydrogens is 557 g/mol. The third kappa shape index (κ3) is 7.20. The lowest BCUT2D eigenvalue weighted by atomic mass is 9.79. The summed E-state index contributed by atoms with van der Waals surface area (Å²) >= 11 is 0. The molecule has 1 saturated heterocycles. The zero-order valence-corrected chi connectivity index (χ0v) is 24.0. The number of hydrogen-bond acceptors (Lipinski definition) is 7. The molecule has 2 aromatic heterocycles. The zero-order chi connectivity index (χ0) is 30.6. The predicted octanol–water partition coefficient (Wildman–Crippen LogP) is 4.40. The number of anilines is 1. The number of ether oxygens (including phenoxy) is 1. The van der Waals surface area contributed by atoms with E-state index in [1.807, 2.05) is 19.2 Å². The van der Waals surface area contributed by atoms with Crippen LogP contribution < -0.4 is 16.0 Å². The van der Waals surface area contributed by atoms with Gasteiger partial charge in [-0.05, 0) is 48.3 Å². The average Bonchev–Trinajstić information content (AvgIpc) is 3.58. The molecular formula is C28H37F3N6O5. The lowest BCUT2D eigenvalue weighted by molar-refractivity contribution is -0.150. The normalized spacial score (nSPS) is 22.5. The highest BCUT2D eigenvalue weighted by molar-refractivity contribution is 6.01. The van der Waals surface area contributed by atoms with E-state index in [-0.39, 0.29) is 29.8 Å². The standard InChI is InChI=1S/C28H37F3N6O5/c1-15(2)23-19(13-42-36-23)25(38)35-24(17-7-5-16(3)6-8-17)26(39)34-22-11-18(9-10-32-22)20(14-41-4)37-12-21(28(29,30)31)33-27(37)40/h9-11,13,15-17,20-21,24H,5-8,12,14H2,1-4H3,(H,33,40)(H,35,38)(H,32,34,39)/t16?,17?,20?,21-,24-/m0/s1. The second-order valence-electron chi connectivity index (χ2n) is 11.4. The van der Waals surface area contributed by atoms with E-state index in [0.717, 1.165) is 30.6 Å². The monoisotopic (exact) mass is 594 g/mol. The van der Waals surface area contributed by atoms with Crippen molar-refractivity contribution in [1.29, 1.82) is 0 Å². The van der Waals surface area contributed by atoms with E-state index in [4.69, 9.17) is 9.26 Å². The largest absolute Gasteiger partial charge is 0.410 e. The van der Waals surface area contributed by atoms with Crippen LogP contribution in [0.3, 0.4) is 0 Å². The van der Waals surface area contributed by atoms with Crippen LogP contribution in [0.5, 0.6) is 0 Å². The Balaban J connectivity index is 1.55. The maximum Gasteiger partial charge on any atom is 0.410 e. The Hall–Kier alpha value is -3.68. The fourth-order valence-electron chi connectivity index (χ4n) is 5.53. The maximum absolute atomic E-state index is 13.7. The summed E-state index contributed by atoms with van der Waals surface area (Å²) in [6.07, 6.45) is 1.38. The summed E-state index contributed by atoms with van der Waals surface area (Å²) in [5.41, 5.74) is 1.18. The first-order valence-corrected chi connectivity index (χ1v) is 14.0. The number of amides is 4. The Morgan fingerprint density at radius 3 is 2.57 bits per heavy atom. The summed E-state index contributed by atoms with van der Waals surface area (Å²) in [7, 11) is 1.38. The summed E-state index contributed by atoms with van der Waals surface area (Å²) < 4.78 is 50.1. The number of pyridine rings is 1. The molecule has 4 amide bonds. The van der Waals surface area contributed by atoms with E-state index in [2.05, 4.69) is 27.7 Å². The Morgan fingerprint density at radius 2 is 1.95 bits per heavy atom. The lowest BCUT2D eigenvalue weighted by Crippen LogP contribution is -2.49. The molecule has 2 aromatic rings. The Labute approximate surface area is 241 Å². The van der Waals surface area contributed by atoms with E-state index in [1.165, 1.54) is 25.6 Å². The average molecular weight is 595 g/mol. The number of halogens is 3. The minimum absolute atomic E-state index is 0.0663. The van der Waals surface area contributed by atoms with E-state index in [0.29, 0.717) is 17.2 Å². The predicted molar refractivity (Wildman–Crippen MR) is 146 cm³/mol. The van der Waals surface area contributed by atoms with Crippen molar-refractivity contribution in [1.82, 2.24) is 25.7 Å². The van der Waals surface area contributed by atoms with Crippen LogP contribution in [-0.2, 0) is 9.53 Å². The summed E-state index contributed by atoms with van der Waals surface area (Å²) in [4.78, 5) is 44.6. The van der Waals surface area contributed by atoms with Crippen LogP contribution in [0.15, 0.2) is 29.1 Å². The summed E-state index contributed by atoms with van der Waals surface area (Å²) in [6.45, 7) is 5.25. The van der Waals surface area contributed by atoms with Crippen LogP contribution >= 0.6 is 0 Å². The van der Waals surface area contributed by atoms with Crippen LogP contribution in [0.25, 0.3) is 0 Å². The van der Waals surface area contributed by atoms with Crippen LogP contribution in [0, 0.1) is 11.8 Å². The number of hydrogen-bond donors (Lipinski definition) is 3. The Bertz CT molecular complexity index is 1260. The van der Waals surface area contributed by atoms with Gasteiger partial charge in [-0.3, -0.25) is 9.59 Å². The van der Waals surface area contributed by atoms with Crippen molar-refractivity contribution in [3.63, 3.8) is 0 Å². The SMILES string of the molecule is COCC(c1ccnc(NC(=O)[C@@H](NC(=O)c2conc2C(C)C)C2CCC(C)CC2)c1)N1C[C@@H](C(F)(F)F)NC1=O. The number of urea groups is 1. The number of rotatable bonds is 10. The van der Waals surface area contributed by atoms with Gasteiger partial charge in [-0.2, -0.15) is 13.2 Å². The van der Waals surface area contributed by atoms with Gasteiger partial charge in [-0.25, -0.2) is 9.78 Å². The van der Waals surface area contributed by atoms with Gasteiger partial charge in [0.05, 0.1) is 24.9 Å². The molecule has 2 fully saturated rings. The number of aromatic nitrogens is 2. The van der Waals surface area contributed by atoms with Gasteiger partial charge in [-0.15, -0.1) is 0 Å². The third-order valence-electron chi connectivity index (χ3n) is 7.94. The smallest absolute Gasteiger partial charge is 0.382 e. The zero-order valence-electron chi connectivity index (χ0n) is 24.0. The molecule has 1 unspecified atom stereocenters. The molecule has 14 heteroatoms. The van der Waals surface area contributed by atoms with Crippen molar-refractivity contribution in [3.8, 4) is 0 Å². The maximum atomic E-state index is 13.7. The summed E-state index contributed by atoms with van der Waals surface area (Å²) in [5, 5.41) is 11.5. The van der Waals surface area contributed by atoms with Gasteiger partial charge < -0.3 is 30.1 Å². The molecule has 230 valence electrons. The molecule has 0 radical (unpaired) electrons. The molecule has 3 heterocycles. The van der Waals surface area contributed by atoms with Crippen LogP contribution in [0.1, 0.15) is 80.0 Å². The molecule has 0 bridgehead atoms. The molecule has 0 spiro atoms. The number of nitrogens with zero attached hydrogens (tertiary/aromatic N) is 3. The Morgan fingerprint density at radius 1 is 1.24 bits per heavy atom. The second-order valence-corrected chi connectivity index (χ2v) is 11.4. The highest BCUT2D eigenvalue weighted by Crippen LogP contribution is 2.33. The minimum Gasteiger partial charge on any atom is -0.382 e. The van der Waals surface area contributed by atoms with Crippen LogP contribution in [0.2, 0.25) is 0 Å². The van der Waals surface area contributed by atoms with Crippen molar-refractivity contribution in [2.45, 2.75) is 76.7 Å². The van der Waals surface area contributed by atoms with E-state index in [9.17, 15) is 27.6 Å². The molecule has 0 aromatic carbocycles. The van der Waals surface area contributed by atoms with Gasteiger partial charge in [0, 0.05) is 13.3 Å². The highest BCUT2D eigenvalue weighted by atomic mass is 19.4. The quantitative estimate of drug-likeness (QED) is 0.371. The first-order chi connectivity index (χ1) is 19.9. The lowest BCUT2D eigenvalue weighted by Gasteiger charge is -2.32. The van der Waals surface area contributed by atoms with Crippen molar-refractivity contribution in [2.75, 3.05) is 25.6 Å². The fourth-order valence-corrected chi connectivity index (χ4v) is 5.53.